The summed E-state index contributed by atoms with van der Waals surface area (Å²) in [5.41, 5.74) is 6.93. The van der Waals surface area contributed by atoms with E-state index in [1.807, 2.05) is 24.3 Å². The molecule has 0 nitrogen and oxygen atoms in total. The van der Waals surface area contributed by atoms with E-state index >= 15 is 0 Å². The molecule has 3 aromatic rings. The summed E-state index contributed by atoms with van der Waals surface area (Å²) in [6.07, 6.45) is 10.1. The molecule has 0 aliphatic heterocycles. The second-order valence-corrected chi connectivity index (χ2v) is 8.39. The van der Waals surface area contributed by atoms with Crippen molar-refractivity contribution in [3.63, 3.8) is 0 Å². The van der Waals surface area contributed by atoms with Gasteiger partial charge in [0, 0.05) is 22.3 Å². The Morgan fingerprint density at radius 2 is 0.781 bits per heavy atom. The van der Waals surface area contributed by atoms with Gasteiger partial charge in [0.25, 0.3) is 0 Å². The molecule has 0 atom stereocenters. The van der Waals surface area contributed by atoms with E-state index in [2.05, 4.69) is 86.1 Å². The third kappa shape index (κ3) is 8.13. The van der Waals surface area contributed by atoms with Crippen LogP contribution in [0, 0.1) is 23.7 Å². The first-order chi connectivity index (χ1) is 15.8. The zero-order chi connectivity index (χ0) is 22.4. The number of hydrogen-bond acceptors (Lipinski definition) is 0. The third-order valence-corrected chi connectivity index (χ3v) is 5.60. The summed E-state index contributed by atoms with van der Waals surface area (Å²) >= 11 is 0. The molecule has 0 aliphatic rings. The Morgan fingerprint density at radius 1 is 0.406 bits per heavy atom. The van der Waals surface area contributed by atoms with Crippen molar-refractivity contribution >= 4 is 0 Å². The Balaban J connectivity index is 1.53. The van der Waals surface area contributed by atoms with Crippen molar-refractivity contribution in [3.8, 4) is 23.7 Å². The van der Waals surface area contributed by atoms with E-state index in [4.69, 9.17) is 0 Å². The van der Waals surface area contributed by atoms with Crippen molar-refractivity contribution in [1.29, 1.82) is 0 Å². The molecule has 0 aromatic heterocycles. The molecular formula is C32H34. The van der Waals surface area contributed by atoms with Gasteiger partial charge in [-0.15, -0.1) is 0 Å². The van der Waals surface area contributed by atoms with Crippen LogP contribution in [-0.2, 0) is 12.8 Å². The number of hydrogen-bond donors (Lipinski definition) is 0. The van der Waals surface area contributed by atoms with Crippen LogP contribution in [0.3, 0.4) is 0 Å². The van der Waals surface area contributed by atoms with E-state index in [1.165, 1.54) is 56.1 Å². The minimum Gasteiger partial charge on any atom is -0.0654 e. The molecule has 0 radical (unpaired) electrons. The van der Waals surface area contributed by atoms with Crippen LogP contribution in [0.4, 0.5) is 0 Å². The van der Waals surface area contributed by atoms with Crippen LogP contribution in [0.15, 0.2) is 72.8 Å². The molecule has 3 aromatic carbocycles. The SMILES string of the molecule is CCCCCCCc1ccc(C#Cc2ccc(C#Cc3ccc(CCC)cc3)cc2)cc1. The molecule has 0 unspecified atom stereocenters. The van der Waals surface area contributed by atoms with Gasteiger partial charge in [0.1, 0.15) is 0 Å². The Labute approximate surface area is 195 Å². The van der Waals surface area contributed by atoms with Gasteiger partial charge >= 0.3 is 0 Å². The van der Waals surface area contributed by atoms with Gasteiger partial charge in [-0.25, -0.2) is 0 Å². The van der Waals surface area contributed by atoms with E-state index in [-0.39, 0.29) is 0 Å². The van der Waals surface area contributed by atoms with Gasteiger partial charge in [-0.3, -0.25) is 0 Å². The number of aryl methyl sites for hydroxylation is 2. The maximum atomic E-state index is 3.28. The lowest BCUT2D eigenvalue weighted by Crippen LogP contribution is -1.86. The zero-order valence-electron chi connectivity index (χ0n) is 19.6. The average molecular weight is 419 g/mol. The molecule has 0 aliphatic carbocycles. The Bertz CT molecular complexity index is 1060. The fourth-order valence-electron chi connectivity index (χ4n) is 3.66. The quantitative estimate of drug-likeness (QED) is 0.257. The van der Waals surface area contributed by atoms with Crippen molar-refractivity contribution in [3.05, 3.63) is 106 Å². The van der Waals surface area contributed by atoms with Crippen molar-refractivity contribution in [2.75, 3.05) is 0 Å². The molecule has 0 fully saturated rings. The van der Waals surface area contributed by atoms with Crippen LogP contribution >= 0.6 is 0 Å². The predicted octanol–water partition coefficient (Wildman–Crippen LogP) is 7.95. The summed E-state index contributed by atoms with van der Waals surface area (Å²) in [5, 5.41) is 0. The first kappa shape index (κ1) is 23.4. The lowest BCUT2D eigenvalue weighted by atomic mass is 10.0. The maximum absolute atomic E-state index is 3.28. The normalized spacial score (nSPS) is 10.1. The molecule has 0 heterocycles. The van der Waals surface area contributed by atoms with Crippen LogP contribution in [-0.4, -0.2) is 0 Å². The summed E-state index contributed by atoms with van der Waals surface area (Å²) in [6, 6.07) is 25.5. The second-order valence-electron chi connectivity index (χ2n) is 8.39. The Kier molecular flexibility index (Phi) is 9.71. The molecule has 0 spiro atoms. The van der Waals surface area contributed by atoms with Gasteiger partial charge in [0.05, 0.1) is 0 Å². The summed E-state index contributed by atoms with van der Waals surface area (Å²) in [4.78, 5) is 0. The van der Waals surface area contributed by atoms with Gasteiger partial charge < -0.3 is 0 Å². The third-order valence-electron chi connectivity index (χ3n) is 5.60. The molecule has 0 amide bonds. The Hall–Kier alpha value is -3.22. The van der Waals surface area contributed by atoms with E-state index < -0.39 is 0 Å². The van der Waals surface area contributed by atoms with E-state index in [0.717, 1.165) is 28.7 Å². The standard InChI is InChI=1S/C32H34/c1-3-5-6-7-8-10-28-13-17-30(18-14-28)20-22-32-25-23-31(24-26-32)21-19-29-15-11-27(9-4-2)12-16-29/h11-18,23-26H,3-10H2,1-2H3. The highest BCUT2D eigenvalue weighted by molar-refractivity contribution is 5.48. The molecular weight excluding hydrogens is 384 g/mol. The molecule has 0 N–H and O–H groups in total. The van der Waals surface area contributed by atoms with Gasteiger partial charge in [0.2, 0.25) is 0 Å². The lowest BCUT2D eigenvalue weighted by Gasteiger charge is -2.01. The monoisotopic (exact) mass is 418 g/mol. The topological polar surface area (TPSA) is 0 Å². The first-order valence-electron chi connectivity index (χ1n) is 12.1. The number of unbranched alkanes of at least 4 members (excludes halogenated alkanes) is 4. The summed E-state index contributed by atoms with van der Waals surface area (Å²) in [5.74, 6) is 13.0. The molecule has 162 valence electrons. The van der Waals surface area contributed by atoms with E-state index in [1.54, 1.807) is 0 Å². The summed E-state index contributed by atoms with van der Waals surface area (Å²) in [7, 11) is 0. The highest BCUT2D eigenvalue weighted by Gasteiger charge is 1.95. The van der Waals surface area contributed by atoms with Crippen LogP contribution in [0.25, 0.3) is 0 Å². The first-order valence-corrected chi connectivity index (χ1v) is 12.1. The van der Waals surface area contributed by atoms with E-state index in [0.29, 0.717) is 0 Å². The summed E-state index contributed by atoms with van der Waals surface area (Å²) in [6.45, 7) is 4.46. The minimum absolute atomic E-state index is 1.01. The molecule has 0 heteroatoms. The molecule has 0 saturated heterocycles. The van der Waals surface area contributed by atoms with Crippen molar-refractivity contribution < 1.29 is 0 Å². The van der Waals surface area contributed by atoms with Gasteiger partial charge in [-0.1, -0.05) is 93.9 Å². The van der Waals surface area contributed by atoms with Crippen molar-refractivity contribution in [2.45, 2.75) is 65.2 Å². The largest absolute Gasteiger partial charge is 0.0654 e. The maximum Gasteiger partial charge on any atom is 0.0249 e. The summed E-state index contributed by atoms with van der Waals surface area (Å²) < 4.78 is 0. The number of rotatable bonds is 8. The van der Waals surface area contributed by atoms with E-state index in [9.17, 15) is 0 Å². The number of benzene rings is 3. The zero-order valence-corrected chi connectivity index (χ0v) is 19.6. The fourth-order valence-corrected chi connectivity index (χ4v) is 3.66. The molecule has 0 bridgehead atoms. The highest BCUT2D eigenvalue weighted by atomic mass is 14.0. The van der Waals surface area contributed by atoms with Crippen LogP contribution in [0.1, 0.15) is 85.8 Å². The van der Waals surface area contributed by atoms with Crippen LogP contribution < -0.4 is 0 Å². The Morgan fingerprint density at radius 3 is 1.19 bits per heavy atom. The predicted molar refractivity (Wildman–Crippen MR) is 138 cm³/mol. The van der Waals surface area contributed by atoms with Gasteiger partial charge in [-0.05, 0) is 78.9 Å². The van der Waals surface area contributed by atoms with Crippen molar-refractivity contribution in [1.82, 2.24) is 0 Å². The van der Waals surface area contributed by atoms with Gasteiger partial charge in [-0.2, -0.15) is 0 Å². The smallest absolute Gasteiger partial charge is 0.0249 e. The average Bonchev–Trinajstić information content (AvgIpc) is 2.84. The van der Waals surface area contributed by atoms with Crippen LogP contribution in [0.2, 0.25) is 0 Å². The van der Waals surface area contributed by atoms with Gasteiger partial charge in [0.15, 0.2) is 0 Å². The lowest BCUT2D eigenvalue weighted by molar-refractivity contribution is 0.632. The fraction of sp³-hybridized carbons (Fsp3) is 0.312. The van der Waals surface area contributed by atoms with Crippen LogP contribution in [0.5, 0.6) is 0 Å². The second kappa shape index (κ2) is 13.2. The highest BCUT2D eigenvalue weighted by Crippen LogP contribution is 2.11. The van der Waals surface area contributed by atoms with Crippen molar-refractivity contribution in [2.24, 2.45) is 0 Å². The molecule has 0 saturated carbocycles. The molecule has 3 rings (SSSR count). The minimum atomic E-state index is 1.01. The molecule has 32 heavy (non-hydrogen) atoms.